The summed E-state index contributed by atoms with van der Waals surface area (Å²) in [6.45, 7) is 2.93. The van der Waals surface area contributed by atoms with Crippen LogP contribution >= 0.6 is 8.73 Å². The Bertz CT molecular complexity index is 442. The molecule has 0 radical (unpaired) electrons. The summed E-state index contributed by atoms with van der Waals surface area (Å²) in [5, 5.41) is 3.11. The van der Waals surface area contributed by atoms with E-state index in [1.807, 2.05) is 24.4 Å². The maximum absolute atomic E-state index is 4.33. The van der Waals surface area contributed by atoms with Gasteiger partial charge in [0.1, 0.15) is 0 Å². The second-order valence-corrected chi connectivity index (χ2v) is 4.39. The SMILES string of the molecule is CPNNCc1ccc(-c2ccccn2)cc1. The molecule has 1 aromatic heterocycles. The number of rotatable bonds is 5. The number of hydrogen-bond acceptors (Lipinski definition) is 3. The first-order valence-corrected chi connectivity index (χ1v) is 7.05. The first kappa shape index (κ1) is 12.2. The van der Waals surface area contributed by atoms with E-state index in [1.54, 1.807) is 0 Å². The highest BCUT2D eigenvalue weighted by Crippen LogP contribution is 2.16. The van der Waals surface area contributed by atoms with Crippen LogP contribution < -0.4 is 10.6 Å². The van der Waals surface area contributed by atoms with Crippen molar-refractivity contribution >= 4 is 8.73 Å². The molecule has 1 heterocycles. The highest BCUT2D eigenvalue weighted by Gasteiger charge is 1.98. The third-order valence-electron chi connectivity index (χ3n) is 2.42. The molecule has 0 aliphatic rings. The maximum atomic E-state index is 4.33. The Hall–Kier alpha value is -1.28. The highest BCUT2D eigenvalue weighted by atomic mass is 31.1. The molecule has 0 spiro atoms. The van der Waals surface area contributed by atoms with Crippen molar-refractivity contribution in [3.05, 3.63) is 54.2 Å². The zero-order chi connectivity index (χ0) is 11.9. The van der Waals surface area contributed by atoms with E-state index < -0.39 is 0 Å². The van der Waals surface area contributed by atoms with Crippen molar-refractivity contribution in [3.63, 3.8) is 0 Å². The highest BCUT2D eigenvalue weighted by molar-refractivity contribution is 7.34. The molecule has 1 aromatic carbocycles. The summed E-state index contributed by atoms with van der Waals surface area (Å²) in [5.41, 5.74) is 6.58. The predicted molar refractivity (Wildman–Crippen MR) is 73.9 cm³/mol. The van der Waals surface area contributed by atoms with E-state index in [1.165, 1.54) is 5.56 Å². The van der Waals surface area contributed by atoms with Gasteiger partial charge in [0.2, 0.25) is 0 Å². The smallest absolute Gasteiger partial charge is 0.0701 e. The lowest BCUT2D eigenvalue weighted by atomic mass is 10.1. The van der Waals surface area contributed by atoms with E-state index in [4.69, 9.17) is 0 Å². The quantitative estimate of drug-likeness (QED) is 0.483. The Labute approximate surface area is 103 Å². The molecule has 0 saturated heterocycles. The van der Waals surface area contributed by atoms with Crippen LogP contribution in [0.4, 0.5) is 0 Å². The molecule has 1 atom stereocenters. The predicted octanol–water partition coefficient (Wildman–Crippen LogP) is 2.57. The average molecular weight is 245 g/mol. The number of pyridine rings is 1. The summed E-state index contributed by atoms with van der Waals surface area (Å²) >= 11 is 0. The second kappa shape index (κ2) is 6.45. The van der Waals surface area contributed by atoms with Gasteiger partial charge in [0.05, 0.1) is 5.69 Å². The first-order chi connectivity index (χ1) is 8.40. The van der Waals surface area contributed by atoms with Gasteiger partial charge in [0.15, 0.2) is 0 Å². The lowest BCUT2D eigenvalue weighted by Crippen LogP contribution is -2.23. The maximum Gasteiger partial charge on any atom is 0.0701 e. The minimum absolute atomic E-state index is 0.714. The number of nitrogens with zero attached hydrogens (tertiary/aromatic N) is 1. The van der Waals surface area contributed by atoms with Gasteiger partial charge in [-0.1, -0.05) is 30.3 Å². The summed E-state index contributed by atoms with van der Waals surface area (Å²) in [4.78, 5) is 4.33. The van der Waals surface area contributed by atoms with E-state index in [9.17, 15) is 0 Å². The fourth-order valence-corrected chi connectivity index (χ4v) is 1.83. The zero-order valence-corrected chi connectivity index (χ0v) is 10.8. The van der Waals surface area contributed by atoms with Gasteiger partial charge in [-0.2, -0.15) is 0 Å². The summed E-state index contributed by atoms with van der Waals surface area (Å²) in [7, 11) is 0.714. The number of aromatic nitrogens is 1. The van der Waals surface area contributed by atoms with E-state index >= 15 is 0 Å². The van der Waals surface area contributed by atoms with Gasteiger partial charge in [-0.15, -0.1) is 0 Å². The topological polar surface area (TPSA) is 37.0 Å². The van der Waals surface area contributed by atoms with Crippen molar-refractivity contribution in [1.82, 2.24) is 15.6 Å². The number of hydrazine groups is 1. The lowest BCUT2D eigenvalue weighted by Gasteiger charge is -2.06. The van der Waals surface area contributed by atoms with Crippen LogP contribution in [0.25, 0.3) is 11.3 Å². The minimum atomic E-state index is 0.714. The van der Waals surface area contributed by atoms with Gasteiger partial charge in [0, 0.05) is 18.3 Å². The minimum Gasteiger partial charge on any atom is -0.256 e. The molecule has 2 N–H and O–H groups in total. The van der Waals surface area contributed by atoms with E-state index in [0.29, 0.717) is 8.73 Å². The Morgan fingerprint density at radius 2 is 1.94 bits per heavy atom. The standard InChI is InChI=1S/C13H16N3P/c1-17-16-15-10-11-5-7-12(8-6-11)13-4-2-3-9-14-13/h2-9,15-17H,10H2,1H3. The number of nitrogens with one attached hydrogen (secondary N) is 2. The van der Waals surface area contributed by atoms with E-state index in [2.05, 4.69) is 46.5 Å². The van der Waals surface area contributed by atoms with Gasteiger partial charge < -0.3 is 0 Å². The van der Waals surface area contributed by atoms with Crippen molar-refractivity contribution in [2.45, 2.75) is 6.54 Å². The van der Waals surface area contributed by atoms with Gasteiger partial charge in [0.25, 0.3) is 0 Å². The summed E-state index contributed by atoms with van der Waals surface area (Å²) in [5.74, 6) is 0. The molecule has 2 aromatic rings. The van der Waals surface area contributed by atoms with Gasteiger partial charge in [-0.05, 0) is 33.1 Å². The van der Waals surface area contributed by atoms with Crippen LogP contribution in [0, 0.1) is 0 Å². The van der Waals surface area contributed by atoms with Crippen LogP contribution in [0.1, 0.15) is 5.56 Å². The fourth-order valence-electron chi connectivity index (χ4n) is 1.56. The van der Waals surface area contributed by atoms with Crippen molar-refractivity contribution in [2.75, 3.05) is 6.66 Å². The van der Waals surface area contributed by atoms with Crippen molar-refractivity contribution in [1.29, 1.82) is 0 Å². The van der Waals surface area contributed by atoms with Gasteiger partial charge in [-0.3, -0.25) is 10.4 Å². The monoisotopic (exact) mass is 245 g/mol. The van der Waals surface area contributed by atoms with Crippen molar-refractivity contribution < 1.29 is 0 Å². The molecule has 0 aliphatic heterocycles. The molecule has 0 aliphatic carbocycles. The summed E-state index contributed by atoms with van der Waals surface area (Å²) in [6.07, 6.45) is 1.82. The van der Waals surface area contributed by atoms with Crippen LogP contribution in [0.2, 0.25) is 0 Å². The second-order valence-electron chi connectivity index (χ2n) is 3.64. The number of benzene rings is 1. The van der Waals surface area contributed by atoms with Crippen LogP contribution in [0.15, 0.2) is 48.7 Å². The molecule has 17 heavy (non-hydrogen) atoms. The average Bonchev–Trinajstić information content (AvgIpc) is 2.41. The normalized spacial score (nSPS) is 11.1. The van der Waals surface area contributed by atoms with Crippen molar-refractivity contribution in [3.8, 4) is 11.3 Å². The summed E-state index contributed by atoms with van der Waals surface area (Å²) < 4.78 is 0. The van der Waals surface area contributed by atoms with E-state index in [-0.39, 0.29) is 0 Å². The first-order valence-electron chi connectivity index (χ1n) is 5.55. The van der Waals surface area contributed by atoms with Crippen LogP contribution in [0.3, 0.4) is 0 Å². The molecule has 0 amide bonds. The third kappa shape index (κ3) is 3.60. The van der Waals surface area contributed by atoms with Crippen LogP contribution in [-0.4, -0.2) is 11.6 Å². The zero-order valence-electron chi connectivity index (χ0n) is 9.77. The fraction of sp³-hybridized carbons (Fsp3) is 0.154. The van der Waals surface area contributed by atoms with E-state index in [0.717, 1.165) is 17.8 Å². The molecule has 2 rings (SSSR count). The Morgan fingerprint density at radius 1 is 1.12 bits per heavy atom. The molecule has 0 fully saturated rings. The molecule has 3 nitrogen and oxygen atoms in total. The van der Waals surface area contributed by atoms with Crippen LogP contribution in [0.5, 0.6) is 0 Å². The Balaban J connectivity index is 2.03. The molecular formula is C13H16N3P. The molecule has 0 bridgehead atoms. The third-order valence-corrected chi connectivity index (χ3v) is 2.85. The van der Waals surface area contributed by atoms with Crippen LogP contribution in [-0.2, 0) is 6.54 Å². The molecule has 1 unspecified atom stereocenters. The number of hydrogen-bond donors (Lipinski definition) is 2. The lowest BCUT2D eigenvalue weighted by molar-refractivity contribution is 0.682. The van der Waals surface area contributed by atoms with Gasteiger partial charge >= 0.3 is 0 Å². The molecular weight excluding hydrogens is 229 g/mol. The largest absolute Gasteiger partial charge is 0.256 e. The summed E-state index contributed by atoms with van der Waals surface area (Å²) in [6, 6.07) is 14.4. The van der Waals surface area contributed by atoms with Gasteiger partial charge in [-0.25, -0.2) is 5.20 Å². The molecule has 88 valence electrons. The molecule has 0 saturated carbocycles. The Kier molecular flexibility index (Phi) is 4.63. The Morgan fingerprint density at radius 3 is 2.59 bits per heavy atom. The molecule has 4 heteroatoms. The van der Waals surface area contributed by atoms with Crippen molar-refractivity contribution in [2.24, 2.45) is 0 Å².